The number of aliphatic hydroxyl groups is 1. The summed E-state index contributed by atoms with van der Waals surface area (Å²) in [4.78, 5) is 16.4. The first kappa shape index (κ1) is 16.1. The largest absolute Gasteiger partial charge is 0.386 e. The van der Waals surface area contributed by atoms with E-state index in [-0.39, 0.29) is 11.8 Å². The first-order valence-corrected chi connectivity index (χ1v) is 7.51. The van der Waals surface area contributed by atoms with Crippen LogP contribution < -0.4 is 10.6 Å². The van der Waals surface area contributed by atoms with E-state index >= 15 is 0 Å². The number of unbranched alkanes of at least 4 members (excludes halogenated alkanes) is 1. The van der Waals surface area contributed by atoms with Crippen LogP contribution in [0.2, 0.25) is 0 Å². The topological polar surface area (TPSA) is 74.2 Å². The highest BCUT2D eigenvalue weighted by atomic mass is 32.1. The summed E-state index contributed by atoms with van der Waals surface area (Å²) in [7, 11) is 0. The van der Waals surface area contributed by atoms with Crippen LogP contribution in [-0.2, 0) is 4.79 Å². The Morgan fingerprint density at radius 1 is 1.53 bits per heavy atom. The number of carbonyl (C=O) groups is 1. The van der Waals surface area contributed by atoms with E-state index in [1.807, 2.05) is 13.8 Å². The maximum absolute atomic E-state index is 11.5. The van der Waals surface area contributed by atoms with E-state index in [1.165, 1.54) is 11.3 Å². The molecule has 6 heteroatoms. The quantitative estimate of drug-likeness (QED) is 0.640. The van der Waals surface area contributed by atoms with E-state index in [9.17, 15) is 9.90 Å². The summed E-state index contributed by atoms with van der Waals surface area (Å²) in [6.07, 6.45) is 3.28. The number of rotatable bonds is 8. The summed E-state index contributed by atoms with van der Waals surface area (Å²) in [5, 5.41) is 16.4. The summed E-state index contributed by atoms with van der Waals surface area (Å²) in [6, 6.07) is 0. The van der Waals surface area contributed by atoms with Gasteiger partial charge in [0, 0.05) is 18.7 Å². The molecule has 1 aromatic rings. The zero-order chi connectivity index (χ0) is 14.3. The lowest BCUT2D eigenvalue weighted by Gasteiger charge is -2.09. The molecule has 0 saturated carbocycles. The standard InChI is InChI=1S/C13H23N3O2S/c1-4-5-6-14-7-10(17)11-8-15-13(19-11)16-12(18)9(2)3/h8-10,14,17H,4-7H2,1-3H3,(H,15,16,18)/t10-/m0/s1. The summed E-state index contributed by atoms with van der Waals surface area (Å²) in [6.45, 7) is 7.21. The number of aliphatic hydroxyl groups excluding tert-OH is 1. The van der Waals surface area contributed by atoms with Gasteiger partial charge in [0.15, 0.2) is 5.13 Å². The van der Waals surface area contributed by atoms with E-state index in [0.29, 0.717) is 11.7 Å². The van der Waals surface area contributed by atoms with E-state index in [1.54, 1.807) is 6.20 Å². The zero-order valence-electron chi connectivity index (χ0n) is 11.8. The molecule has 1 rings (SSSR count). The maximum Gasteiger partial charge on any atom is 0.228 e. The normalized spacial score (nSPS) is 12.7. The SMILES string of the molecule is CCCCNC[C@H](O)c1cnc(NC(=O)C(C)C)s1. The van der Waals surface area contributed by atoms with Gasteiger partial charge in [-0.25, -0.2) is 4.98 Å². The van der Waals surface area contributed by atoms with Crippen LogP contribution in [0.25, 0.3) is 0 Å². The van der Waals surface area contributed by atoms with Crippen molar-refractivity contribution in [2.75, 3.05) is 18.4 Å². The van der Waals surface area contributed by atoms with Gasteiger partial charge < -0.3 is 15.7 Å². The van der Waals surface area contributed by atoms with Gasteiger partial charge in [0.1, 0.15) is 6.10 Å². The third-order valence-corrected chi connectivity index (χ3v) is 3.67. The number of amides is 1. The van der Waals surface area contributed by atoms with Crippen molar-refractivity contribution in [2.24, 2.45) is 5.92 Å². The predicted octanol–water partition coefficient (Wildman–Crippen LogP) is 2.16. The van der Waals surface area contributed by atoms with Crippen molar-refractivity contribution in [2.45, 2.75) is 39.7 Å². The summed E-state index contributed by atoms with van der Waals surface area (Å²) in [5.74, 6) is -0.135. The Morgan fingerprint density at radius 3 is 2.89 bits per heavy atom. The third kappa shape index (κ3) is 5.67. The van der Waals surface area contributed by atoms with Crippen LogP contribution in [0.4, 0.5) is 5.13 Å². The fraction of sp³-hybridized carbons (Fsp3) is 0.692. The molecule has 0 aliphatic heterocycles. The molecular weight excluding hydrogens is 262 g/mol. The second-order valence-electron chi connectivity index (χ2n) is 4.79. The molecule has 1 atom stereocenters. The minimum Gasteiger partial charge on any atom is -0.386 e. The maximum atomic E-state index is 11.5. The van der Waals surface area contributed by atoms with Gasteiger partial charge in [0.05, 0.1) is 4.88 Å². The minimum absolute atomic E-state index is 0.0588. The molecule has 0 aliphatic rings. The molecule has 0 fully saturated rings. The molecule has 0 saturated heterocycles. The Bertz CT molecular complexity index is 393. The Kier molecular flexibility index (Phi) is 6.97. The number of hydrogen-bond donors (Lipinski definition) is 3. The number of thiazole rings is 1. The Labute approximate surface area is 118 Å². The van der Waals surface area contributed by atoms with Crippen molar-refractivity contribution < 1.29 is 9.90 Å². The first-order chi connectivity index (χ1) is 9.04. The highest BCUT2D eigenvalue weighted by Crippen LogP contribution is 2.24. The average molecular weight is 285 g/mol. The van der Waals surface area contributed by atoms with Crippen molar-refractivity contribution >= 4 is 22.4 Å². The summed E-state index contributed by atoms with van der Waals surface area (Å²) in [5.41, 5.74) is 0. The predicted molar refractivity (Wildman–Crippen MR) is 78.3 cm³/mol. The number of nitrogens with one attached hydrogen (secondary N) is 2. The van der Waals surface area contributed by atoms with Crippen LogP contribution in [0.15, 0.2) is 6.20 Å². The molecule has 0 aliphatic carbocycles. The molecule has 108 valence electrons. The number of carbonyl (C=O) groups excluding carboxylic acids is 1. The molecule has 3 N–H and O–H groups in total. The molecular formula is C13H23N3O2S. The van der Waals surface area contributed by atoms with Gasteiger partial charge in [0.2, 0.25) is 5.91 Å². The van der Waals surface area contributed by atoms with Crippen LogP contribution in [-0.4, -0.2) is 29.1 Å². The van der Waals surface area contributed by atoms with Crippen LogP contribution in [0.5, 0.6) is 0 Å². The van der Waals surface area contributed by atoms with Gasteiger partial charge in [-0.3, -0.25) is 4.79 Å². The van der Waals surface area contributed by atoms with Gasteiger partial charge in [-0.15, -0.1) is 0 Å². The van der Waals surface area contributed by atoms with Crippen LogP contribution in [0.1, 0.15) is 44.6 Å². The van der Waals surface area contributed by atoms with Crippen molar-refractivity contribution in [3.63, 3.8) is 0 Å². The van der Waals surface area contributed by atoms with Gasteiger partial charge >= 0.3 is 0 Å². The van der Waals surface area contributed by atoms with Crippen molar-refractivity contribution in [1.82, 2.24) is 10.3 Å². The van der Waals surface area contributed by atoms with Crippen molar-refractivity contribution in [3.8, 4) is 0 Å². The Morgan fingerprint density at radius 2 is 2.26 bits per heavy atom. The first-order valence-electron chi connectivity index (χ1n) is 6.70. The molecule has 1 amide bonds. The van der Waals surface area contributed by atoms with Crippen molar-refractivity contribution in [3.05, 3.63) is 11.1 Å². The number of hydrogen-bond acceptors (Lipinski definition) is 5. The molecule has 1 aromatic heterocycles. The van der Waals surface area contributed by atoms with E-state index in [2.05, 4.69) is 22.5 Å². The number of anilines is 1. The monoisotopic (exact) mass is 285 g/mol. The molecule has 19 heavy (non-hydrogen) atoms. The second-order valence-corrected chi connectivity index (χ2v) is 5.85. The fourth-order valence-corrected chi connectivity index (χ4v) is 2.19. The average Bonchev–Trinajstić information content (AvgIpc) is 2.82. The highest BCUT2D eigenvalue weighted by Gasteiger charge is 2.14. The van der Waals surface area contributed by atoms with E-state index in [4.69, 9.17) is 0 Å². The molecule has 0 spiro atoms. The Balaban J connectivity index is 2.42. The van der Waals surface area contributed by atoms with Gasteiger partial charge in [-0.05, 0) is 13.0 Å². The van der Waals surface area contributed by atoms with E-state index in [0.717, 1.165) is 24.3 Å². The lowest BCUT2D eigenvalue weighted by molar-refractivity contribution is -0.118. The summed E-state index contributed by atoms with van der Waals surface area (Å²) < 4.78 is 0. The molecule has 0 bridgehead atoms. The van der Waals surface area contributed by atoms with Gasteiger partial charge in [0.25, 0.3) is 0 Å². The third-order valence-electron chi connectivity index (χ3n) is 2.65. The van der Waals surface area contributed by atoms with Gasteiger partial charge in [-0.1, -0.05) is 38.5 Å². The van der Waals surface area contributed by atoms with Crippen LogP contribution >= 0.6 is 11.3 Å². The smallest absolute Gasteiger partial charge is 0.228 e. The lowest BCUT2D eigenvalue weighted by atomic mass is 10.2. The van der Waals surface area contributed by atoms with Crippen LogP contribution in [0.3, 0.4) is 0 Å². The second kappa shape index (κ2) is 8.24. The Hall–Kier alpha value is -0.980. The lowest BCUT2D eigenvalue weighted by Crippen LogP contribution is -2.21. The van der Waals surface area contributed by atoms with E-state index < -0.39 is 6.10 Å². The summed E-state index contributed by atoms with van der Waals surface area (Å²) >= 11 is 1.32. The van der Waals surface area contributed by atoms with Crippen molar-refractivity contribution in [1.29, 1.82) is 0 Å². The molecule has 1 heterocycles. The molecule has 0 unspecified atom stereocenters. The minimum atomic E-state index is -0.570. The highest BCUT2D eigenvalue weighted by molar-refractivity contribution is 7.15. The number of nitrogens with zero attached hydrogens (tertiary/aromatic N) is 1. The molecule has 0 aromatic carbocycles. The molecule has 0 radical (unpaired) electrons. The molecule has 5 nitrogen and oxygen atoms in total. The van der Waals surface area contributed by atoms with Crippen LogP contribution in [0, 0.1) is 5.92 Å². The number of aromatic nitrogens is 1. The fourth-order valence-electron chi connectivity index (χ4n) is 1.39. The zero-order valence-corrected chi connectivity index (χ0v) is 12.6. The van der Waals surface area contributed by atoms with Gasteiger partial charge in [-0.2, -0.15) is 0 Å².